The molecule has 0 aromatic heterocycles. The standard InChI is InChI=1S/C71H124O16P2/c1-4-7-10-13-16-19-22-24-26-27-28-29-30-31-32-33-34-35-36-37-39-41-43-45-48-51-54-57-69(74)81-60-66(72)61-83-88(77,78)84-62-67(73)63-85-89(79,80)86-65-68(87-71(76)59-56-53-50-47-42-21-18-15-12-9-6-3)64-82-70(75)58-55-52-49-46-44-40-38-25-23-20-17-14-11-8-5-2/h7,10,15-16,18-19,24-26,28-29,31-32,34-35,38,66-68,72-73H,4-6,8-9,11-14,17,20-23,27,30,33,36-37,39-65H2,1-3H3,(H,77,78)(H,79,80)/b10-7-,18-15-,19-16-,26-24-,29-28-,32-31-,35-34-,38-25-. The molecular weight excluding hydrogens is 1170 g/mol. The summed E-state index contributed by atoms with van der Waals surface area (Å²) in [7, 11) is -9.77. The van der Waals surface area contributed by atoms with Gasteiger partial charge in [-0.05, 0) is 116 Å². The minimum Gasteiger partial charge on any atom is -0.463 e. The van der Waals surface area contributed by atoms with Gasteiger partial charge in [0, 0.05) is 19.3 Å². The Balaban J connectivity index is 4.48. The second kappa shape index (κ2) is 64.6. The number of unbranched alkanes of at least 4 members (excludes halogenated alkanes) is 26. The maximum Gasteiger partial charge on any atom is 0.472 e. The van der Waals surface area contributed by atoms with Crippen molar-refractivity contribution >= 4 is 33.6 Å². The number of hydrogen-bond acceptors (Lipinski definition) is 14. The van der Waals surface area contributed by atoms with Gasteiger partial charge in [-0.15, -0.1) is 0 Å². The molecule has 0 aromatic rings. The first kappa shape index (κ1) is 85.5. The highest BCUT2D eigenvalue weighted by Gasteiger charge is 2.29. The first-order valence-electron chi connectivity index (χ1n) is 34.5. The molecule has 18 heteroatoms. The molecule has 0 bridgehead atoms. The Bertz CT molecular complexity index is 2010. The van der Waals surface area contributed by atoms with E-state index in [0.29, 0.717) is 19.3 Å². The number of phosphoric acid groups is 2. The maximum atomic E-state index is 12.8. The zero-order valence-corrected chi connectivity index (χ0v) is 57.4. The molecule has 0 saturated heterocycles. The van der Waals surface area contributed by atoms with Crippen molar-refractivity contribution in [2.75, 3.05) is 39.6 Å². The molecule has 0 fully saturated rings. The average Bonchev–Trinajstić information content (AvgIpc) is 3.56. The van der Waals surface area contributed by atoms with Gasteiger partial charge >= 0.3 is 33.6 Å². The summed E-state index contributed by atoms with van der Waals surface area (Å²) in [5.74, 6) is -1.60. The lowest BCUT2D eigenvalue weighted by atomic mass is 10.1. The highest BCUT2D eigenvalue weighted by Crippen LogP contribution is 2.45. The molecule has 5 unspecified atom stereocenters. The van der Waals surface area contributed by atoms with Crippen LogP contribution in [0.25, 0.3) is 0 Å². The van der Waals surface area contributed by atoms with E-state index >= 15 is 0 Å². The van der Waals surface area contributed by atoms with Crippen LogP contribution in [0.5, 0.6) is 0 Å². The maximum absolute atomic E-state index is 12.8. The van der Waals surface area contributed by atoms with Gasteiger partial charge in [-0.3, -0.25) is 32.5 Å². The fraction of sp³-hybridized carbons (Fsp3) is 0.732. The van der Waals surface area contributed by atoms with Crippen LogP contribution in [-0.2, 0) is 55.8 Å². The number of esters is 3. The number of aliphatic hydroxyl groups is 2. The van der Waals surface area contributed by atoms with E-state index in [4.69, 9.17) is 32.3 Å². The molecule has 89 heavy (non-hydrogen) atoms. The summed E-state index contributed by atoms with van der Waals surface area (Å²) in [6.07, 6.45) is 70.5. The van der Waals surface area contributed by atoms with E-state index in [1.165, 1.54) is 70.6 Å². The van der Waals surface area contributed by atoms with E-state index in [2.05, 4.69) is 118 Å². The average molecular weight is 1300 g/mol. The molecule has 4 N–H and O–H groups in total. The van der Waals surface area contributed by atoms with Gasteiger partial charge in [0.25, 0.3) is 0 Å². The van der Waals surface area contributed by atoms with Crippen molar-refractivity contribution < 1.29 is 75.8 Å². The Morgan fingerprint density at radius 2 is 0.607 bits per heavy atom. The quantitative estimate of drug-likeness (QED) is 0.0146. The summed E-state index contributed by atoms with van der Waals surface area (Å²) in [6, 6.07) is 0. The van der Waals surface area contributed by atoms with Crippen LogP contribution >= 0.6 is 15.6 Å². The third-order valence-corrected chi connectivity index (χ3v) is 16.2. The SMILES string of the molecule is CC/C=C\C/C=C\C/C=C\C/C=C\C/C=C\C/C=C\CCCCCCCCCCC(=O)OCC(O)COP(=O)(O)OCC(O)COP(=O)(O)OCC(COC(=O)CCCCCCC/C=C\CCCCCCCC)OC(=O)CCCCCCC/C=C\CCCC. The third kappa shape index (κ3) is 65.8. The molecule has 0 aliphatic carbocycles. The van der Waals surface area contributed by atoms with Crippen molar-refractivity contribution in [2.45, 2.75) is 296 Å². The van der Waals surface area contributed by atoms with Crippen molar-refractivity contribution in [3.05, 3.63) is 97.2 Å². The lowest BCUT2D eigenvalue weighted by Crippen LogP contribution is -2.30. The van der Waals surface area contributed by atoms with Gasteiger partial charge in [-0.1, -0.05) is 240 Å². The fourth-order valence-electron chi connectivity index (χ4n) is 8.96. The molecule has 0 amide bonds. The Kier molecular flexibility index (Phi) is 62.0. The van der Waals surface area contributed by atoms with Gasteiger partial charge < -0.3 is 34.2 Å². The van der Waals surface area contributed by atoms with Gasteiger partial charge in [-0.25, -0.2) is 9.13 Å². The summed E-state index contributed by atoms with van der Waals surface area (Å²) >= 11 is 0. The summed E-state index contributed by atoms with van der Waals surface area (Å²) in [5.41, 5.74) is 0. The van der Waals surface area contributed by atoms with Gasteiger partial charge in [0.15, 0.2) is 6.10 Å². The van der Waals surface area contributed by atoms with Crippen molar-refractivity contribution in [1.82, 2.24) is 0 Å². The predicted molar refractivity (Wildman–Crippen MR) is 362 cm³/mol. The monoisotopic (exact) mass is 1290 g/mol. The van der Waals surface area contributed by atoms with Crippen molar-refractivity contribution in [1.29, 1.82) is 0 Å². The normalized spacial score (nSPS) is 14.8. The molecule has 0 saturated carbocycles. The second-order valence-electron chi connectivity index (χ2n) is 22.9. The molecule has 0 aliphatic rings. The van der Waals surface area contributed by atoms with E-state index in [9.17, 15) is 43.5 Å². The first-order valence-corrected chi connectivity index (χ1v) is 37.5. The largest absolute Gasteiger partial charge is 0.472 e. The predicted octanol–water partition coefficient (Wildman–Crippen LogP) is 19.1. The van der Waals surface area contributed by atoms with Crippen molar-refractivity contribution in [3.63, 3.8) is 0 Å². The zero-order valence-electron chi connectivity index (χ0n) is 55.6. The first-order chi connectivity index (χ1) is 43.2. The van der Waals surface area contributed by atoms with Gasteiger partial charge in [0.1, 0.15) is 25.4 Å². The summed E-state index contributed by atoms with van der Waals surface area (Å²) in [5, 5.41) is 20.5. The molecule has 0 radical (unpaired) electrons. The number of allylic oxidation sites excluding steroid dienone is 16. The van der Waals surface area contributed by atoms with Crippen molar-refractivity contribution in [3.8, 4) is 0 Å². The number of aliphatic hydroxyl groups excluding tert-OH is 2. The molecule has 0 rings (SSSR count). The zero-order chi connectivity index (χ0) is 65.3. The molecule has 0 spiro atoms. The summed E-state index contributed by atoms with van der Waals surface area (Å²) in [6.45, 7) is 2.48. The second-order valence-corrected chi connectivity index (χ2v) is 25.8. The lowest BCUT2D eigenvalue weighted by molar-refractivity contribution is -0.161. The number of carbonyl (C=O) groups excluding carboxylic acids is 3. The molecule has 0 heterocycles. The van der Waals surface area contributed by atoms with E-state index in [-0.39, 0.29) is 19.3 Å². The lowest BCUT2D eigenvalue weighted by Gasteiger charge is -2.21. The molecule has 0 aromatic carbocycles. The van der Waals surface area contributed by atoms with Crippen LogP contribution in [0, 0.1) is 0 Å². The summed E-state index contributed by atoms with van der Waals surface area (Å²) in [4.78, 5) is 58.2. The van der Waals surface area contributed by atoms with Crippen molar-refractivity contribution in [2.24, 2.45) is 0 Å². The Morgan fingerprint density at radius 1 is 0.326 bits per heavy atom. The molecular formula is C71H124O16P2. The van der Waals surface area contributed by atoms with Gasteiger partial charge in [0.05, 0.1) is 26.4 Å². The van der Waals surface area contributed by atoms with E-state index in [0.717, 1.165) is 148 Å². The van der Waals surface area contributed by atoms with E-state index in [1.54, 1.807) is 0 Å². The Morgan fingerprint density at radius 3 is 0.989 bits per heavy atom. The highest BCUT2D eigenvalue weighted by atomic mass is 31.2. The number of phosphoric ester groups is 2. The number of rotatable bonds is 65. The molecule has 514 valence electrons. The molecule has 16 nitrogen and oxygen atoms in total. The minimum atomic E-state index is -4.92. The third-order valence-electron chi connectivity index (χ3n) is 14.3. The minimum absolute atomic E-state index is 0.0932. The van der Waals surface area contributed by atoms with Gasteiger partial charge in [0.2, 0.25) is 0 Å². The number of hydrogen-bond donors (Lipinski definition) is 4. The Labute approximate surface area is 539 Å². The molecule has 5 atom stereocenters. The highest BCUT2D eigenvalue weighted by molar-refractivity contribution is 7.47. The topological polar surface area (TPSA) is 231 Å². The van der Waals surface area contributed by atoms with Crippen LogP contribution in [0.1, 0.15) is 278 Å². The Hall–Kier alpha value is -3.53. The van der Waals surface area contributed by atoms with E-state index in [1.807, 2.05) is 0 Å². The van der Waals surface area contributed by atoms with Crippen LogP contribution in [0.3, 0.4) is 0 Å². The van der Waals surface area contributed by atoms with E-state index < -0.39 is 91.5 Å². The van der Waals surface area contributed by atoms with Crippen LogP contribution in [0.2, 0.25) is 0 Å². The van der Waals surface area contributed by atoms with Crippen LogP contribution in [0.15, 0.2) is 97.2 Å². The van der Waals surface area contributed by atoms with Crippen LogP contribution in [-0.4, -0.2) is 95.9 Å². The summed E-state index contributed by atoms with van der Waals surface area (Å²) < 4.78 is 60.8. The smallest absolute Gasteiger partial charge is 0.463 e. The van der Waals surface area contributed by atoms with Crippen LogP contribution in [0.4, 0.5) is 0 Å². The molecule has 0 aliphatic heterocycles. The van der Waals surface area contributed by atoms with Gasteiger partial charge in [-0.2, -0.15) is 0 Å². The fourth-order valence-corrected chi connectivity index (χ4v) is 10.5. The number of carbonyl (C=O) groups is 3. The van der Waals surface area contributed by atoms with Crippen LogP contribution < -0.4 is 0 Å². The number of ether oxygens (including phenoxy) is 3.